The number of aryl methyl sites for hydroxylation is 1. The van der Waals surface area contributed by atoms with Crippen LogP contribution < -0.4 is 10.5 Å². The molecule has 2 atom stereocenters. The van der Waals surface area contributed by atoms with Gasteiger partial charge in [0.15, 0.2) is 0 Å². The van der Waals surface area contributed by atoms with Crippen molar-refractivity contribution in [2.24, 2.45) is 0 Å². The van der Waals surface area contributed by atoms with Gasteiger partial charge in [-0.3, -0.25) is 4.90 Å². The zero-order valence-corrected chi connectivity index (χ0v) is 13.1. The molecule has 0 heterocycles. The molecule has 20 heavy (non-hydrogen) atoms. The lowest BCUT2D eigenvalue weighted by molar-refractivity contribution is 0.0417. The fourth-order valence-corrected chi connectivity index (χ4v) is 3.26. The van der Waals surface area contributed by atoms with Crippen molar-refractivity contribution in [1.29, 1.82) is 0 Å². The monoisotopic (exact) mass is 276 g/mol. The molecule has 1 aliphatic carbocycles. The minimum atomic E-state index is 0.272. The minimum Gasteiger partial charge on any atom is -0.487 e. The molecular formula is C17H28N2O. The summed E-state index contributed by atoms with van der Waals surface area (Å²) in [6, 6.07) is 6.60. The average Bonchev–Trinajstić information content (AvgIpc) is 2.45. The number of benzene rings is 1. The van der Waals surface area contributed by atoms with E-state index in [0.717, 1.165) is 30.9 Å². The average molecular weight is 276 g/mol. The van der Waals surface area contributed by atoms with Crippen LogP contribution in [-0.2, 0) is 0 Å². The molecular weight excluding hydrogens is 248 g/mol. The first-order valence-corrected chi connectivity index (χ1v) is 7.92. The van der Waals surface area contributed by atoms with E-state index in [9.17, 15) is 0 Å². The van der Waals surface area contributed by atoms with Crippen molar-refractivity contribution in [3.63, 3.8) is 0 Å². The third-order valence-corrected chi connectivity index (χ3v) is 4.39. The predicted molar refractivity (Wildman–Crippen MR) is 85.2 cm³/mol. The molecule has 1 aromatic rings. The molecule has 0 aliphatic heterocycles. The van der Waals surface area contributed by atoms with Crippen LogP contribution in [0.3, 0.4) is 0 Å². The first-order chi connectivity index (χ1) is 9.65. The minimum absolute atomic E-state index is 0.272. The number of hydrogen-bond acceptors (Lipinski definition) is 3. The highest BCUT2D eigenvalue weighted by Gasteiger charge is 2.30. The Labute approximate surface area is 123 Å². The Kier molecular flexibility index (Phi) is 5.30. The van der Waals surface area contributed by atoms with Crippen molar-refractivity contribution in [2.45, 2.75) is 58.6 Å². The molecule has 3 heteroatoms. The highest BCUT2D eigenvalue weighted by Crippen LogP contribution is 2.30. The molecule has 2 rings (SSSR count). The van der Waals surface area contributed by atoms with Crippen LogP contribution in [0.4, 0.5) is 5.69 Å². The van der Waals surface area contributed by atoms with Crippen LogP contribution in [0.15, 0.2) is 18.2 Å². The van der Waals surface area contributed by atoms with Crippen LogP contribution in [0.5, 0.6) is 5.75 Å². The Bertz CT molecular complexity index is 429. The first-order valence-electron chi connectivity index (χ1n) is 7.92. The third-order valence-electron chi connectivity index (χ3n) is 4.39. The van der Waals surface area contributed by atoms with Gasteiger partial charge in [-0.15, -0.1) is 0 Å². The van der Waals surface area contributed by atoms with Crippen molar-refractivity contribution in [3.8, 4) is 5.75 Å². The van der Waals surface area contributed by atoms with Crippen LogP contribution in [0.1, 0.15) is 45.1 Å². The summed E-state index contributed by atoms with van der Waals surface area (Å²) in [6.07, 6.45) is 5.21. The van der Waals surface area contributed by atoms with Crippen molar-refractivity contribution in [2.75, 3.05) is 18.8 Å². The third kappa shape index (κ3) is 3.45. The Morgan fingerprint density at radius 1 is 1.20 bits per heavy atom. The molecule has 1 aliphatic rings. The number of nitrogen functional groups attached to an aromatic ring is 1. The smallest absolute Gasteiger partial charge is 0.142 e. The largest absolute Gasteiger partial charge is 0.487 e. The van der Waals surface area contributed by atoms with Crippen LogP contribution in [-0.4, -0.2) is 30.1 Å². The van der Waals surface area contributed by atoms with E-state index < -0.39 is 0 Å². The second-order valence-electron chi connectivity index (χ2n) is 5.77. The van der Waals surface area contributed by atoms with E-state index in [0.29, 0.717) is 6.04 Å². The molecule has 0 saturated heterocycles. The zero-order chi connectivity index (χ0) is 14.5. The lowest BCUT2D eigenvalue weighted by Gasteiger charge is -2.39. The number of ether oxygens (including phenoxy) is 1. The van der Waals surface area contributed by atoms with Crippen LogP contribution in [0.25, 0.3) is 0 Å². The van der Waals surface area contributed by atoms with Gasteiger partial charge in [0.1, 0.15) is 11.9 Å². The summed E-state index contributed by atoms with van der Waals surface area (Å²) in [7, 11) is 0. The maximum atomic E-state index is 6.27. The van der Waals surface area contributed by atoms with E-state index in [2.05, 4.69) is 31.7 Å². The summed E-state index contributed by atoms with van der Waals surface area (Å²) in [5.74, 6) is 0.847. The Morgan fingerprint density at radius 2 is 1.90 bits per heavy atom. The second kappa shape index (κ2) is 6.98. The number of rotatable bonds is 5. The summed E-state index contributed by atoms with van der Waals surface area (Å²) < 4.78 is 6.27. The van der Waals surface area contributed by atoms with Gasteiger partial charge >= 0.3 is 0 Å². The molecule has 2 N–H and O–H groups in total. The standard InChI is InChI=1S/C17H28N2O/c1-4-19(5-2)15-8-6-7-9-17(15)20-16-11-10-13(3)12-14(16)18/h10-12,15,17H,4-9,18H2,1-3H3. The number of nitrogens with two attached hydrogens (primary N) is 1. The van der Waals surface area contributed by atoms with E-state index in [4.69, 9.17) is 10.5 Å². The first kappa shape index (κ1) is 15.2. The van der Waals surface area contributed by atoms with Gasteiger partial charge in [-0.2, -0.15) is 0 Å². The molecule has 1 aromatic carbocycles. The van der Waals surface area contributed by atoms with Crippen LogP contribution in [0.2, 0.25) is 0 Å². The van der Waals surface area contributed by atoms with E-state index in [-0.39, 0.29) is 6.10 Å². The van der Waals surface area contributed by atoms with Gasteiger partial charge < -0.3 is 10.5 Å². The number of anilines is 1. The molecule has 0 bridgehead atoms. The van der Waals surface area contributed by atoms with E-state index in [1.807, 2.05) is 12.1 Å². The molecule has 3 nitrogen and oxygen atoms in total. The predicted octanol–water partition coefficient (Wildman–Crippen LogP) is 3.61. The quantitative estimate of drug-likeness (QED) is 0.835. The van der Waals surface area contributed by atoms with Crippen molar-refractivity contribution in [1.82, 2.24) is 4.90 Å². The van der Waals surface area contributed by atoms with Gasteiger partial charge in [0.05, 0.1) is 5.69 Å². The van der Waals surface area contributed by atoms with Gasteiger partial charge in [0.2, 0.25) is 0 Å². The molecule has 112 valence electrons. The lowest BCUT2D eigenvalue weighted by atomic mass is 9.91. The molecule has 0 spiro atoms. The molecule has 0 amide bonds. The second-order valence-corrected chi connectivity index (χ2v) is 5.77. The summed E-state index contributed by atoms with van der Waals surface area (Å²) >= 11 is 0. The fourth-order valence-electron chi connectivity index (χ4n) is 3.26. The highest BCUT2D eigenvalue weighted by molar-refractivity contribution is 5.54. The maximum Gasteiger partial charge on any atom is 0.142 e. The van der Waals surface area contributed by atoms with E-state index >= 15 is 0 Å². The normalized spacial score (nSPS) is 23.0. The van der Waals surface area contributed by atoms with Crippen LogP contribution in [0, 0.1) is 6.92 Å². The van der Waals surface area contributed by atoms with E-state index in [1.165, 1.54) is 24.8 Å². The SMILES string of the molecule is CCN(CC)C1CCCCC1Oc1ccc(C)cc1N. The number of nitrogens with zero attached hydrogens (tertiary/aromatic N) is 1. The summed E-state index contributed by atoms with van der Waals surface area (Å²) in [4.78, 5) is 2.52. The Hall–Kier alpha value is -1.22. The summed E-state index contributed by atoms with van der Waals surface area (Å²) in [5.41, 5.74) is 8.02. The van der Waals surface area contributed by atoms with Gasteiger partial charge in [0, 0.05) is 6.04 Å². The molecule has 1 fully saturated rings. The molecule has 1 saturated carbocycles. The number of hydrogen-bond donors (Lipinski definition) is 1. The topological polar surface area (TPSA) is 38.5 Å². The van der Waals surface area contributed by atoms with Crippen molar-refractivity contribution in [3.05, 3.63) is 23.8 Å². The van der Waals surface area contributed by atoms with Gasteiger partial charge in [0.25, 0.3) is 0 Å². The van der Waals surface area contributed by atoms with Gasteiger partial charge in [-0.05, 0) is 57.0 Å². The van der Waals surface area contributed by atoms with Crippen molar-refractivity contribution < 1.29 is 4.74 Å². The zero-order valence-electron chi connectivity index (χ0n) is 13.1. The summed E-state index contributed by atoms with van der Waals surface area (Å²) in [6.45, 7) is 8.69. The fraction of sp³-hybridized carbons (Fsp3) is 0.647. The Morgan fingerprint density at radius 3 is 2.55 bits per heavy atom. The maximum absolute atomic E-state index is 6.27. The van der Waals surface area contributed by atoms with Crippen molar-refractivity contribution >= 4 is 5.69 Å². The molecule has 2 unspecified atom stereocenters. The van der Waals surface area contributed by atoms with Gasteiger partial charge in [-0.25, -0.2) is 0 Å². The lowest BCUT2D eigenvalue weighted by Crippen LogP contribution is -2.47. The summed E-state index contributed by atoms with van der Waals surface area (Å²) in [5, 5.41) is 0. The molecule has 0 aromatic heterocycles. The highest BCUT2D eigenvalue weighted by atomic mass is 16.5. The van der Waals surface area contributed by atoms with Crippen LogP contribution >= 0.6 is 0 Å². The van der Waals surface area contributed by atoms with E-state index in [1.54, 1.807) is 0 Å². The van der Waals surface area contributed by atoms with Gasteiger partial charge in [-0.1, -0.05) is 26.3 Å². The number of likely N-dealkylation sites (N-methyl/N-ethyl adjacent to an activating group) is 1. The molecule has 0 radical (unpaired) electrons. The Balaban J connectivity index is 2.12.